The van der Waals surface area contributed by atoms with Gasteiger partial charge in [-0.1, -0.05) is 6.07 Å². The molecular weight excluding hydrogens is 242 g/mol. The molecule has 1 fully saturated rings. The summed E-state index contributed by atoms with van der Waals surface area (Å²) in [7, 11) is 1.58. The number of benzene rings is 1. The molecule has 1 saturated heterocycles. The third-order valence-corrected chi connectivity index (χ3v) is 3.48. The molecule has 0 spiro atoms. The van der Waals surface area contributed by atoms with Gasteiger partial charge in [0.2, 0.25) is 0 Å². The van der Waals surface area contributed by atoms with Crippen LogP contribution in [0.2, 0.25) is 0 Å². The van der Waals surface area contributed by atoms with Gasteiger partial charge in [0.1, 0.15) is 11.5 Å². The molecule has 1 aliphatic heterocycles. The minimum absolute atomic E-state index is 0.0114. The molecule has 1 amide bonds. The Morgan fingerprint density at radius 3 is 2.89 bits per heavy atom. The molecule has 0 N–H and O–H groups in total. The third-order valence-electron chi connectivity index (χ3n) is 3.48. The maximum Gasteiger partial charge on any atom is 0.254 e. The topological polar surface area (TPSA) is 46.6 Å². The van der Waals surface area contributed by atoms with Gasteiger partial charge in [0.25, 0.3) is 5.91 Å². The van der Waals surface area contributed by atoms with Crippen molar-refractivity contribution in [1.82, 2.24) is 4.90 Å². The van der Waals surface area contributed by atoms with Crippen LogP contribution in [0, 0.1) is 0 Å². The maximum absolute atomic E-state index is 12.5. The lowest BCUT2D eigenvalue weighted by molar-refractivity contribution is -0.117. The zero-order valence-electron chi connectivity index (χ0n) is 11.4. The Morgan fingerprint density at radius 2 is 2.21 bits per heavy atom. The Bertz CT molecular complexity index is 484. The average molecular weight is 261 g/mol. The van der Waals surface area contributed by atoms with Crippen LogP contribution < -0.4 is 4.74 Å². The number of methoxy groups -OCH3 is 1. The second-order valence-electron chi connectivity index (χ2n) is 4.93. The SMILES string of the molecule is COc1cccc(C(=O)N2CCCC2CC(C)=O)c1. The van der Waals surface area contributed by atoms with Gasteiger partial charge >= 0.3 is 0 Å². The van der Waals surface area contributed by atoms with Crippen molar-refractivity contribution in [2.45, 2.75) is 32.2 Å². The molecule has 0 radical (unpaired) electrons. The summed E-state index contributed by atoms with van der Waals surface area (Å²) in [6.07, 6.45) is 2.33. The molecule has 2 rings (SSSR count). The van der Waals surface area contributed by atoms with E-state index in [4.69, 9.17) is 4.74 Å². The van der Waals surface area contributed by atoms with Gasteiger partial charge < -0.3 is 9.64 Å². The van der Waals surface area contributed by atoms with Crippen LogP contribution in [0.25, 0.3) is 0 Å². The Morgan fingerprint density at radius 1 is 1.42 bits per heavy atom. The van der Waals surface area contributed by atoms with Crippen LogP contribution in [0.3, 0.4) is 0 Å². The molecule has 4 nitrogen and oxygen atoms in total. The van der Waals surface area contributed by atoms with E-state index in [1.54, 1.807) is 26.2 Å². The highest BCUT2D eigenvalue weighted by atomic mass is 16.5. The highest BCUT2D eigenvalue weighted by Gasteiger charge is 2.30. The Balaban J connectivity index is 2.15. The molecule has 1 unspecified atom stereocenters. The van der Waals surface area contributed by atoms with Crippen LogP contribution in [0.4, 0.5) is 0 Å². The highest BCUT2D eigenvalue weighted by Crippen LogP contribution is 2.24. The summed E-state index contributed by atoms with van der Waals surface area (Å²) < 4.78 is 5.13. The fourth-order valence-corrected chi connectivity index (χ4v) is 2.57. The Hall–Kier alpha value is -1.84. The molecule has 0 aromatic heterocycles. The lowest BCUT2D eigenvalue weighted by Crippen LogP contribution is -2.36. The van der Waals surface area contributed by atoms with Crippen molar-refractivity contribution in [3.05, 3.63) is 29.8 Å². The molecule has 102 valence electrons. The quantitative estimate of drug-likeness (QED) is 0.835. The molecule has 1 atom stereocenters. The molecule has 1 aromatic rings. The van der Waals surface area contributed by atoms with E-state index in [1.165, 1.54) is 0 Å². The van der Waals surface area contributed by atoms with E-state index in [9.17, 15) is 9.59 Å². The minimum Gasteiger partial charge on any atom is -0.497 e. The lowest BCUT2D eigenvalue weighted by atomic mass is 10.1. The van der Waals surface area contributed by atoms with Gasteiger partial charge in [-0.05, 0) is 38.0 Å². The number of carbonyl (C=O) groups excluding carboxylic acids is 2. The van der Waals surface area contributed by atoms with Crippen molar-refractivity contribution < 1.29 is 14.3 Å². The average Bonchev–Trinajstić information content (AvgIpc) is 2.85. The second kappa shape index (κ2) is 5.87. The molecule has 0 aliphatic carbocycles. The number of hydrogen-bond donors (Lipinski definition) is 0. The number of Topliss-reactive ketones (excluding diaryl/α,β-unsaturated/α-hetero) is 1. The summed E-state index contributed by atoms with van der Waals surface area (Å²) in [5, 5.41) is 0. The predicted molar refractivity (Wildman–Crippen MR) is 72.4 cm³/mol. The summed E-state index contributed by atoms with van der Waals surface area (Å²) in [5.74, 6) is 0.797. The van der Waals surface area contributed by atoms with E-state index >= 15 is 0 Å². The van der Waals surface area contributed by atoms with Gasteiger partial charge in [0, 0.05) is 24.6 Å². The molecule has 1 heterocycles. The summed E-state index contributed by atoms with van der Waals surface area (Å²) >= 11 is 0. The van der Waals surface area contributed by atoms with Crippen LogP contribution in [0.15, 0.2) is 24.3 Å². The zero-order chi connectivity index (χ0) is 13.8. The van der Waals surface area contributed by atoms with Crippen LogP contribution in [-0.2, 0) is 4.79 Å². The number of ether oxygens (including phenoxy) is 1. The smallest absolute Gasteiger partial charge is 0.254 e. The number of nitrogens with zero attached hydrogens (tertiary/aromatic N) is 1. The van der Waals surface area contributed by atoms with Crippen LogP contribution in [0.5, 0.6) is 5.75 Å². The molecule has 1 aliphatic rings. The molecule has 19 heavy (non-hydrogen) atoms. The summed E-state index contributed by atoms with van der Waals surface area (Å²) in [4.78, 5) is 25.5. The van der Waals surface area contributed by atoms with E-state index in [1.807, 2.05) is 17.0 Å². The number of amides is 1. The van der Waals surface area contributed by atoms with Crippen molar-refractivity contribution in [2.24, 2.45) is 0 Å². The lowest BCUT2D eigenvalue weighted by Gasteiger charge is -2.24. The molecule has 1 aromatic carbocycles. The van der Waals surface area contributed by atoms with Crippen LogP contribution in [0.1, 0.15) is 36.5 Å². The van der Waals surface area contributed by atoms with Gasteiger partial charge in [-0.2, -0.15) is 0 Å². The van der Waals surface area contributed by atoms with Crippen molar-refractivity contribution in [2.75, 3.05) is 13.7 Å². The fraction of sp³-hybridized carbons (Fsp3) is 0.467. The number of hydrogen-bond acceptors (Lipinski definition) is 3. The van der Waals surface area contributed by atoms with E-state index in [2.05, 4.69) is 0 Å². The van der Waals surface area contributed by atoms with Gasteiger partial charge in [0.05, 0.1) is 7.11 Å². The van der Waals surface area contributed by atoms with Crippen molar-refractivity contribution >= 4 is 11.7 Å². The first-order chi connectivity index (χ1) is 9.11. The highest BCUT2D eigenvalue weighted by molar-refractivity contribution is 5.95. The maximum atomic E-state index is 12.5. The van der Waals surface area contributed by atoms with Gasteiger partial charge in [-0.3, -0.25) is 9.59 Å². The third kappa shape index (κ3) is 3.13. The minimum atomic E-state index is -0.0114. The number of carbonyl (C=O) groups is 2. The monoisotopic (exact) mass is 261 g/mol. The number of likely N-dealkylation sites (tertiary alicyclic amines) is 1. The number of ketones is 1. The first kappa shape index (κ1) is 13.6. The van der Waals surface area contributed by atoms with E-state index in [0.29, 0.717) is 17.7 Å². The molecular formula is C15H19NO3. The van der Waals surface area contributed by atoms with Gasteiger partial charge in [-0.25, -0.2) is 0 Å². The van der Waals surface area contributed by atoms with E-state index < -0.39 is 0 Å². The Labute approximate surface area is 113 Å². The molecule has 4 heteroatoms. The fourth-order valence-electron chi connectivity index (χ4n) is 2.57. The first-order valence-electron chi connectivity index (χ1n) is 6.56. The van der Waals surface area contributed by atoms with Gasteiger partial charge in [-0.15, -0.1) is 0 Å². The predicted octanol–water partition coefficient (Wildman–Crippen LogP) is 2.28. The van der Waals surface area contributed by atoms with Crippen LogP contribution in [-0.4, -0.2) is 36.3 Å². The molecule has 0 bridgehead atoms. The largest absolute Gasteiger partial charge is 0.497 e. The van der Waals surface area contributed by atoms with Crippen molar-refractivity contribution in [3.63, 3.8) is 0 Å². The number of rotatable bonds is 4. The van der Waals surface area contributed by atoms with Gasteiger partial charge in [0.15, 0.2) is 0 Å². The normalized spacial score (nSPS) is 18.4. The summed E-state index contributed by atoms with van der Waals surface area (Å²) in [6.45, 7) is 2.31. The van der Waals surface area contributed by atoms with E-state index in [-0.39, 0.29) is 17.7 Å². The second-order valence-corrected chi connectivity index (χ2v) is 4.93. The molecule has 0 saturated carbocycles. The van der Waals surface area contributed by atoms with Crippen molar-refractivity contribution in [1.29, 1.82) is 0 Å². The van der Waals surface area contributed by atoms with E-state index in [0.717, 1.165) is 19.4 Å². The standard InChI is InChI=1S/C15H19NO3/c1-11(17)9-13-6-4-8-16(13)15(18)12-5-3-7-14(10-12)19-2/h3,5,7,10,13H,4,6,8-9H2,1-2H3. The summed E-state index contributed by atoms with van der Waals surface area (Å²) in [6, 6.07) is 7.20. The first-order valence-corrected chi connectivity index (χ1v) is 6.56. The van der Waals surface area contributed by atoms with Crippen molar-refractivity contribution in [3.8, 4) is 5.75 Å². The zero-order valence-corrected chi connectivity index (χ0v) is 11.4. The van der Waals surface area contributed by atoms with Crippen LogP contribution >= 0.6 is 0 Å². The Kier molecular flexibility index (Phi) is 4.20. The summed E-state index contributed by atoms with van der Waals surface area (Å²) in [5.41, 5.74) is 0.620.